The highest BCUT2D eigenvalue weighted by molar-refractivity contribution is 6.67. The van der Waals surface area contributed by atoms with Crippen molar-refractivity contribution < 1.29 is 4.92 Å². The van der Waals surface area contributed by atoms with Crippen LogP contribution in [-0.2, 0) is 7.59 Å². The van der Waals surface area contributed by atoms with Crippen molar-refractivity contribution in [3.05, 3.63) is 39.4 Å². The third-order valence-electron chi connectivity index (χ3n) is 1.83. The van der Waals surface area contributed by atoms with Crippen LogP contribution >= 0.6 is 69.6 Å². The first-order valence-electron chi connectivity index (χ1n) is 3.96. The molecule has 0 heterocycles. The minimum absolute atomic E-state index is 0.156. The zero-order valence-corrected chi connectivity index (χ0v) is 12.3. The smallest absolute Gasteiger partial charge is 0.258 e. The van der Waals surface area contributed by atoms with Gasteiger partial charge >= 0.3 is 0 Å². The first-order valence-corrected chi connectivity index (χ1v) is 6.23. The lowest BCUT2D eigenvalue weighted by Crippen LogP contribution is -2.09. The number of alkyl halides is 6. The minimum Gasteiger partial charge on any atom is -0.258 e. The normalized spacial score (nSPS) is 12.6. The zero-order valence-electron chi connectivity index (χ0n) is 7.76. The summed E-state index contributed by atoms with van der Waals surface area (Å²) in [6.07, 6.45) is 0. The van der Waals surface area contributed by atoms with E-state index >= 15 is 0 Å². The van der Waals surface area contributed by atoms with E-state index in [2.05, 4.69) is 0 Å². The lowest BCUT2D eigenvalue weighted by atomic mass is 10.1. The van der Waals surface area contributed by atoms with Gasteiger partial charge in [0, 0.05) is 11.6 Å². The van der Waals surface area contributed by atoms with Gasteiger partial charge in [0.25, 0.3) is 5.69 Å². The molecule has 0 aromatic heterocycles. The molecule has 0 aliphatic rings. The van der Waals surface area contributed by atoms with Crippen LogP contribution in [0, 0.1) is 10.1 Å². The number of rotatable bonds is 1. The number of halogens is 6. The number of nitro benzene ring substituents is 1. The maximum Gasteiger partial charge on any atom is 0.276 e. The van der Waals surface area contributed by atoms with Gasteiger partial charge in [-0.05, 0) is 12.1 Å². The van der Waals surface area contributed by atoms with Crippen molar-refractivity contribution in [2.75, 3.05) is 0 Å². The third kappa shape index (κ3) is 3.91. The summed E-state index contributed by atoms with van der Waals surface area (Å²) in [5, 5.41) is 10.8. The SMILES string of the molecule is O=[N+]([O-])c1ccc(C(Cl)(Cl)Cl)cc1C(Cl)(Cl)Cl. The monoisotopic (exact) mass is 355 g/mol. The molecule has 1 rings (SSSR count). The summed E-state index contributed by atoms with van der Waals surface area (Å²) in [4.78, 5) is 10.1. The van der Waals surface area contributed by atoms with E-state index < -0.39 is 12.5 Å². The average molecular weight is 358 g/mol. The molecule has 0 amide bonds. The maximum atomic E-state index is 10.8. The first kappa shape index (κ1) is 15.4. The summed E-state index contributed by atoms with van der Waals surface area (Å²) >= 11 is 33.8. The van der Waals surface area contributed by atoms with Crippen molar-refractivity contribution in [3.8, 4) is 0 Å². The van der Waals surface area contributed by atoms with E-state index in [1.807, 2.05) is 0 Å². The van der Waals surface area contributed by atoms with Crippen LogP contribution in [0.2, 0.25) is 0 Å². The van der Waals surface area contributed by atoms with Gasteiger partial charge in [0.1, 0.15) is 0 Å². The predicted octanol–water partition coefficient (Wildman–Crippen LogP) is 5.25. The van der Waals surface area contributed by atoms with Crippen LogP contribution < -0.4 is 0 Å². The Labute approximate surface area is 127 Å². The Hall–Kier alpha value is 0.360. The molecule has 94 valence electrons. The fraction of sp³-hybridized carbons (Fsp3) is 0.250. The molecule has 0 saturated carbocycles. The first-order chi connectivity index (χ1) is 7.53. The van der Waals surface area contributed by atoms with Crippen molar-refractivity contribution in [3.63, 3.8) is 0 Å². The highest BCUT2D eigenvalue weighted by Gasteiger charge is 2.34. The van der Waals surface area contributed by atoms with Gasteiger partial charge in [0.15, 0.2) is 0 Å². The van der Waals surface area contributed by atoms with Crippen molar-refractivity contribution in [1.82, 2.24) is 0 Å². The molecule has 0 saturated heterocycles. The Bertz CT molecular complexity index is 450. The largest absolute Gasteiger partial charge is 0.276 e. The fourth-order valence-corrected chi connectivity index (χ4v) is 1.91. The Morgan fingerprint density at radius 1 is 1.00 bits per heavy atom. The van der Waals surface area contributed by atoms with Gasteiger partial charge in [0.05, 0.1) is 10.5 Å². The van der Waals surface area contributed by atoms with Crippen LogP contribution in [0.4, 0.5) is 5.69 Å². The van der Waals surface area contributed by atoms with Crippen molar-refractivity contribution in [1.29, 1.82) is 0 Å². The maximum absolute atomic E-state index is 10.8. The quantitative estimate of drug-likeness (QED) is 0.391. The second kappa shape index (κ2) is 5.16. The molecular formula is C8H3Cl6NO2. The zero-order chi connectivity index (χ0) is 13.4. The lowest BCUT2D eigenvalue weighted by molar-refractivity contribution is -0.385. The summed E-state index contributed by atoms with van der Waals surface area (Å²) in [6.45, 7) is 0. The van der Waals surface area contributed by atoms with Crippen molar-refractivity contribution in [2.45, 2.75) is 7.59 Å². The Morgan fingerprint density at radius 2 is 1.53 bits per heavy atom. The molecule has 0 radical (unpaired) electrons. The van der Waals surface area contributed by atoms with Crippen LogP contribution in [0.5, 0.6) is 0 Å². The molecule has 17 heavy (non-hydrogen) atoms. The topological polar surface area (TPSA) is 43.1 Å². The number of hydrogen-bond donors (Lipinski definition) is 0. The average Bonchev–Trinajstić information content (AvgIpc) is 2.14. The summed E-state index contributed by atoms with van der Waals surface area (Å²) < 4.78 is -3.73. The lowest BCUT2D eigenvalue weighted by Gasteiger charge is -2.16. The van der Waals surface area contributed by atoms with Crippen LogP contribution in [0.3, 0.4) is 0 Å². The van der Waals surface area contributed by atoms with Crippen LogP contribution in [-0.4, -0.2) is 4.92 Å². The van der Waals surface area contributed by atoms with Crippen LogP contribution in [0.1, 0.15) is 11.1 Å². The molecule has 1 aromatic carbocycles. The number of benzene rings is 1. The van der Waals surface area contributed by atoms with Gasteiger partial charge in [0.2, 0.25) is 7.59 Å². The number of hydrogen-bond acceptors (Lipinski definition) is 2. The van der Waals surface area contributed by atoms with E-state index in [0.717, 1.165) is 6.07 Å². The van der Waals surface area contributed by atoms with Gasteiger partial charge in [-0.1, -0.05) is 69.6 Å². The molecule has 0 fully saturated rings. The molecule has 0 aliphatic heterocycles. The van der Waals surface area contributed by atoms with E-state index in [0.29, 0.717) is 0 Å². The van der Waals surface area contributed by atoms with E-state index in [1.165, 1.54) is 12.1 Å². The summed E-state index contributed by atoms with van der Waals surface area (Å²) in [6, 6.07) is 3.58. The van der Waals surface area contributed by atoms with Gasteiger partial charge in [-0.15, -0.1) is 0 Å². The van der Waals surface area contributed by atoms with Crippen LogP contribution in [0.25, 0.3) is 0 Å². The second-order valence-electron chi connectivity index (χ2n) is 2.98. The standard InChI is InChI=1S/C8H3Cl6NO2/c9-7(10,11)4-1-2-6(15(16)17)5(3-4)8(12,13)14/h1-3H. The molecule has 0 bridgehead atoms. The molecule has 0 N–H and O–H groups in total. The predicted molar refractivity (Wildman–Crippen MR) is 71.6 cm³/mol. The summed E-state index contributed by atoms with van der Waals surface area (Å²) in [5.74, 6) is 0. The van der Waals surface area contributed by atoms with Gasteiger partial charge in [-0.2, -0.15) is 0 Å². The van der Waals surface area contributed by atoms with E-state index in [4.69, 9.17) is 69.6 Å². The number of nitro groups is 1. The van der Waals surface area contributed by atoms with Crippen molar-refractivity contribution in [2.24, 2.45) is 0 Å². The molecular weight excluding hydrogens is 355 g/mol. The van der Waals surface area contributed by atoms with E-state index in [1.54, 1.807) is 0 Å². The third-order valence-corrected chi connectivity index (χ3v) is 3.09. The van der Waals surface area contributed by atoms with Crippen molar-refractivity contribution >= 4 is 75.3 Å². The van der Waals surface area contributed by atoms with Gasteiger partial charge in [-0.3, -0.25) is 10.1 Å². The Balaban J connectivity index is 3.46. The Morgan fingerprint density at radius 3 is 1.88 bits per heavy atom. The molecule has 0 aliphatic carbocycles. The molecule has 3 nitrogen and oxygen atoms in total. The second-order valence-corrected chi connectivity index (χ2v) is 7.55. The molecule has 0 spiro atoms. The number of nitrogens with zero attached hydrogens (tertiary/aromatic N) is 1. The van der Waals surface area contributed by atoms with E-state index in [9.17, 15) is 10.1 Å². The Kier molecular flexibility index (Phi) is 4.68. The van der Waals surface area contributed by atoms with E-state index in [-0.39, 0.29) is 16.8 Å². The molecule has 0 atom stereocenters. The van der Waals surface area contributed by atoms with Gasteiger partial charge < -0.3 is 0 Å². The summed E-state index contributed by atoms with van der Waals surface area (Å²) in [7, 11) is 0. The van der Waals surface area contributed by atoms with Crippen LogP contribution in [0.15, 0.2) is 18.2 Å². The molecule has 9 heteroatoms. The van der Waals surface area contributed by atoms with Gasteiger partial charge in [-0.25, -0.2) is 0 Å². The fourth-order valence-electron chi connectivity index (χ4n) is 1.10. The molecule has 0 unspecified atom stereocenters. The molecule has 1 aromatic rings. The highest BCUT2D eigenvalue weighted by atomic mass is 35.6. The minimum atomic E-state index is -1.98. The highest BCUT2D eigenvalue weighted by Crippen LogP contribution is 2.46. The summed E-state index contributed by atoms with van der Waals surface area (Å²) in [5.41, 5.74) is -0.339.